The average molecular weight is 297 g/mol. The molecule has 0 aliphatic carbocycles. The molecular weight excluding hydrogens is 286 g/mol. The number of esters is 1. The lowest BCUT2D eigenvalue weighted by Gasteiger charge is -2.17. The molecule has 21 heavy (non-hydrogen) atoms. The van der Waals surface area contributed by atoms with Gasteiger partial charge in [-0.05, 0) is 17.7 Å². The van der Waals surface area contributed by atoms with Gasteiger partial charge in [-0.15, -0.1) is 0 Å². The minimum absolute atomic E-state index is 0.205. The molecular formula is C15H11N3O2S. The smallest absolute Gasteiger partial charge is 0.360 e. The van der Waals surface area contributed by atoms with Gasteiger partial charge in [0.05, 0.1) is 23.6 Å². The molecule has 2 heterocycles. The predicted molar refractivity (Wildman–Crippen MR) is 77.8 cm³/mol. The molecule has 2 aromatic heterocycles. The van der Waals surface area contributed by atoms with Crippen molar-refractivity contribution < 1.29 is 9.53 Å². The molecule has 0 radical (unpaired) electrons. The molecule has 5 nitrogen and oxygen atoms in total. The highest BCUT2D eigenvalue weighted by Gasteiger charge is 2.22. The molecule has 0 aliphatic rings. The molecule has 0 saturated heterocycles. The number of carbonyl (C=O) groups is 1. The first kappa shape index (κ1) is 13.4. The summed E-state index contributed by atoms with van der Waals surface area (Å²) < 4.78 is 13.3. The van der Waals surface area contributed by atoms with E-state index in [4.69, 9.17) is 4.74 Å². The maximum atomic E-state index is 12.1. The van der Waals surface area contributed by atoms with Crippen molar-refractivity contribution >= 4 is 17.7 Å². The third-order valence-corrected chi connectivity index (χ3v) is 3.33. The van der Waals surface area contributed by atoms with Gasteiger partial charge in [0.25, 0.3) is 0 Å². The van der Waals surface area contributed by atoms with Crippen molar-refractivity contribution in [3.8, 4) is 0 Å². The Labute approximate surface area is 125 Å². The molecule has 0 bridgehead atoms. The fourth-order valence-electron chi connectivity index (χ4n) is 1.88. The Hall–Kier alpha value is -2.60. The van der Waals surface area contributed by atoms with Crippen molar-refractivity contribution in [2.75, 3.05) is 0 Å². The first-order valence-corrected chi connectivity index (χ1v) is 7.02. The Morgan fingerprint density at radius 3 is 2.57 bits per heavy atom. The van der Waals surface area contributed by atoms with Crippen molar-refractivity contribution in [3.05, 3.63) is 77.9 Å². The summed E-state index contributed by atoms with van der Waals surface area (Å²) in [5.74, 6) is -0.511. The zero-order valence-electron chi connectivity index (χ0n) is 10.9. The molecule has 0 N–H and O–H groups in total. The Balaban J connectivity index is 1.92. The molecule has 0 unspecified atom stereocenters. The van der Waals surface area contributed by atoms with Crippen molar-refractivity contribution in [1.82, 2.24) is 13.7 Å². The van der Waals surface area contributed by atoms with Crippen LogP contribution < -0.4 is 0 Å². The van der Waals surface area contributed by atoms with Gasteiger partial charge in [-0.1, -0.05) is 36.4 Å². The van der Waals surface area contributed by atoms with Crippen LogP contribution in [0.15, 0.2) is 60.9 Å². The van der Waals surface area contributed by atoms with Crippen LogP contribution >= 0.6 is 11.7 Å². The van der Waals surface area contributed by atoms with Gasteiger partial charge in [-0.25, -0.2) is 4.79 Å². The average Bonchev–Trinajstić information content (AvgIpc) is 3.09. The summed E-state index contributed by atoms with van der Waals surface area (Å²) in [6, 6.07) is 15.0. The van der Waals surface area contributed by atoms with E-state index in [0.29, 0.717) is 5.69 Å². The van der Waals surface area contributed by atoms with E-state index >= 15 is 0 Å². The molecule has 3 aromatic rings. The predicted octanol–water partition coefficient (Wildman–Crippen LogP) is 2.88. The number of pyridine rings is 1. The first-order chi connectivity index (χ1) is 10.3. The highest BCUT2D eigenvalue weighted by molar-refractivity contribution is 6.99. The van der Waals surface area contributed by atoms with E-state index in [2.05, 4.69) is 13.7 Å². The molecule has 0 saturated carbocycles. The van der Waals surface area contributed by atoms with E-state index in [1.807, 2.05) is 48.5 Å². The van der Waals surface area contributed by atoms with Crippen LogP contribution in [0, 0.1) is 0 Å². The zero-order chi connectivity index (χ0) is 14.5. The van der Waals surface area contributed by atoms with Gasteiger partial charge in [-0.3, -0.25) is 4.98 Å². The fourth-order valence-corrected chi connectivity index (χ4v) is 2.28. The van der Waals surface area contributed by atoms with Gasteiger partial charge in [0.1, 0.15) is 0 Å². The zero-order valence-corrected chi connectivity index (χ0v) is 11.7. The van der Waals surface area contributed by atoms with E-state index in [-0.39, 0.29) is 5.69 Å². The third kappa shape index (κ3) is 3.11. The topological polar surface area (TPSA) is 65.0 Å². The van der Waals surface area contributed by atoms with Gasteiger partial charge < -0.3 is 4.74 Å². The van der Waals surface area contributed by atoms with Crippen LogP contribution in [-0.2, 0) is 4.74 Å². The van der Waals surface area contributed by atoms with Crippen LogP contribution in [0.4, 0.5) is 0 Å². The second-order valence-electron chi connectivity index (χ2n) is 4.24. The van der Waals surface area contributed by atoms with Gasteiger partial charge >= 0.3 is 5.97 Å². The van der Waals surface area contributed by atoms with Crippen molar-refractivity contribution in [1.29, 1.82) is 0 Å². The summed E-state index contributed by atoms with van der Waals surface area (Å²) in [5.41, 5.74) is 1.73. The lowest BCUT2D eigenvalue weighted by Crippen LogP contribution is -2.14. The van der Waals surface area contributed by atoms with Crippen LogP contribution in [0.1, 0.15) is 27.8 Å². The van der Waals surface area contributed by atoms with Crippen LogP contribution in [0.3, 0.4) is 0 Å². The number of hydrogen-bond donors (Lipinski definition) is 0. The molecule has 6 heteroatoms. The summed E-state index contributed by atoms with van der Waals surface area (Å²) >= 11 is 0.970. The Kier molecular flexibility index (Phi) is 3.97. The molecule has 1 aromatic carbocycles. The maximum Gasteiger partial charge on any atom is 0.360 e. The number of benzene rings is 1. The Bertz CT molecular complexity index is 663. The Morgan fingerprint density at radius 1 is 1.10 bits per heavy atom. The van der Waals surface area contributed by atoms with Crippen molar-refractivity contribution in [2.24, 2.45) is 0 Å². The highest BCUT2D eigenvalue weighted by atomic mass is 32.1. The van der Waals surface area contributed by atoms with E-state index in [1.54, 1.807) is 6.20 Å². The summed E-state index contributed by atoms with van der Waals surface area (Å²) in [7, 11) is 0. The number of rotatable bonds is 4. The minimum atomic E-state index is -0.568. The number of hydrogen-bond acceptors (Lipinski definition) is 6. The van der Waals surface area contributed by atoms with Crippen molar-refractivity contribution in [3.63, 3.8) is 0 Å². The summed E-state index contributed by atoms with van der Waals surface area (Å²) in [4.78, 5) is 16.4. The van der Waals surface area contributed by atoms with Crippen LogP contribution in [-0.4, -0.2) is 19.7 Å². The monoisotopic (exact) mass is 297 g/mol. The summed E-state index contributed by atoms with van der Waals surface area (Å²) in [5, 5.41) is 0. The highest BCUT2D eigenvalue weighted by Crippen LogP contribution is 2.25. The van der Waals surface area contributed by atoms with Crippen molar-refractivity contribution in [2.45, 2.75) is 6.10 Å². The molecule has 0 amide bonds. The van der Waals surface area contributed by atoms with E-state index in [1.165, 1.54) is 6.20 Å². The number of nitrogens with zero attached hydrogens (tertiary/aromatic N) is 3. The van der Waals surface area contributed by atoms with Gasteiger partial charge in [0.2, 0.25) is 0 Å². The second kappa shape index (κ2) is 6.23. The molecule has 0 fully saturated rings. The SMILES string of the molecule is O=C(O[C@H](c1ccccc1)c1ccccn1)c1cnsn1. The fraction of sp³-hybridized carbons (Fsp3) is 0.0667. The molecule has 104 valence electrons. The van der Waals surface area contributed by atoms with Crippen LogP contribution in [0.5, 0.6) is 0 Å². The quantitative estimate of drug-likeness (QED) is 0.693. The second-order valence-corrected chi connectivity index (χ2v) is 4.80. The Morgan fingerprint density at radius 2 is 1.90 bits per heavy atom. The van der Waals surface area contributed by atoms with E-state index in [9.17, 15) is 4.79 Å². The lowest BCUT2D eigenvalue weighted by atomic mass is 10.1. The standard InChI is InChI=1S/C15H11N3O2S/c19-15(13-10-17-21-18-13)20-14(11-6-2-1-3-7-11)12-8-4-5-9-16-12/h1-10,14H/t14-/m1/s1. The number of carbonyl (C=O) groups excluding carboxylic acids is 1. The lowest BCUT2D eigenvalue weighted by molar-refractivity contribution is 0.0365. The van der Waals surface area contributed by atoms with Crippen LogP contribution in [0.25, 0.3) is 0 Å². The largest absolute Gasteiger partial charge is 0.446 e. The van der Waals surface area contributed by atoms with Gasteiger partial charge in [0.15, 0.2) is 11.8 Å². The van der Waals surface area contributed by atoms with Gasteiger partial charge in [0, 0.05) is 6.20 Å². The normalized spacial score (nSPS) is 11.8. The number of ether oxygens (including phenoxy) is 1. The van der Waals surface area contributed by atoms with Crippen LogP contribution in [0.2, 0.25) is 0 Å². The molecule has 0 aliphatic heterocycles. The summed E-state index contributed by atoms with van der Waals surface area (Å²) in [6.07, 6.45) is 2.50. The minimum Gasteiger partial charge on any atom is -0.446 e. The molecule has 1 atom stereocenters. The van der Waals surface area contributed by atoms with Gasteiger partial charge in [-0.2, -0.15) is 8.75 Å². The van der Waals surface area contributed by atoms with E-state index in [0.717, 1.165) is 17.3 Å². The molecule has 0 spiro atoms. The maximum absolute atomic E-state index is 12.1. The first-order valence-electron chi connectivity index (χ1n) is 6.29. The summed E-state index contributed by atoms with van der Waals surface area (Å²) in [6.45, 7) is 0. The number of aromatic nitrogens is 3. The molecule has 3 rings (SSSR count). The van der Waals surface area contributed by atoms with E-state index < -0.39 is 12.1 Å². The third-order valence-electron chi connectivity index (χ3n) is 2.85.